The van der Waals surface area contributed by atoms with Gasteiger partial charge in [0.2, 0.25) is 0 Å². The second-order valence-electron chi connectivity index (χ2n) is 19.7. The van der Waals surface area contributed by atoms with Gasteiger partial charge in [-0.1, -0.05) is 177 Å². The maximum atomic E-state index is 2.58. The van der Waals surface area contributed by atoms with Crippen LogP contribution in [0, 0.1) is 69.2 Å². The molecule has 0 saturated carbocycles. The van der Waals surface area contributed by atoms with Gasteiger partial charge in [0.25, 0.3) is 0 Å². The molecule has 0 heteroatoms. The van der Waals surface area contributed by atoms with Gasteiger partial charge in [0.15, 0.2) is 0 Å². The van der Waals surface area contributed by atoms with E-state index in [0.29, 0.717) is 0 Å². The fourth-order valence-electron chi connectivity index (χ4n) is 11.5. The van der Waals surface area contributed by atoms with Gasteiger partial charge in [-0.2, -0.15) is 0 Å². The molecule has 0 amide bonds. The summed E-state index contributed by atoms with van der Waals surface area (Å²) in [5.74, 6) is 0. The van der Waals surface area contributed by atoms with Gasteiger partial charge in [0, 0.05) is 0 Å². The molecule has 8 aromatic rings. The maximum Gasteiger partial charge on any atom is 0.0714 e. The summed E-state index contributed by atoms with van der Waals surface area (Å²) in [6.45, 7) is 22.5. The van der Waals surface area contributed by atoms with Crippen molar-refractivity contribution in [3.05, 3.63) is 234 Å². The van der Waals surface area contributed by atoms with Crippen molar-refractivity contribution in [2.75, 3.05) is 0 Å². The third kappa shape index (κ3) is 8.34. The highest BCUT2D eigenvalue weighted by Gasteiger charge is 2.46. The van der Waals surface area contributed by atoms with Gasteiger partial charge in [0.05, 0.1) is 5.41 Å². The van der Waals surface area contributed by atoms with Crippen molar-refractivity contribution in [1.29, 1.82) is 0 Å². The van der Waals surface area contributed by atoms with E-state index in [1.54, 1.807) is 0 Å². The first-order valence-electron chi connectivity index (χ1n) is 23.4. The van der Waals surface area contributed by atoms with Crippen LogP contribution in [0.5, 0.6) is 0 Å². The highest BCUT2D eigenvalue weighted by Crippen LogP contribution is 2.57. The van der Waals surface area contributed by atoms with Crippen LogP contribution in [0.15, 0.2) is 133 Å². The van der Waals surface area contributed by atoms with Gasteiger partial charge in [-0.25, -0.2) is 0 Å². The van der Waals surface area contributed by atoms with Crippen LogP contribution in [0.1, 0.15) is 113 Å². The Balaban J connectivity index is 1.23. The first kappa shape index (κ1) is 42.3. The van der Waals surface area contributed by atoms with E-state index in [4.69, 9.17) is 0 Å². The van der Waals surface area contributed by atoms with E-state index in [2.05, 4.69) is 203 Å². The Morgan fingerprint density at radius 2 is 0.714 bits per heavy atom. The molecule has 1 aliphatic carbocycles. The van der Waals surface area contributed by atoms with E-state index in [1.807, 2.05) is 0 Å². The summed E-state index contributed by atoms with van der Waals surface area (Å²) < 4.78 is 0. The van der Waals surface area contributed by atoms with Crippen LogP contribution in [-0.2, 0) is 31.1 Å². The fraction of sp³-hybridized carbons (Fsp3) is 0.270. The van der Waals surface area contributed by atoms with Gasteiger partial charge < -0.3 is 0 Å². The highest BCUT2D eigenvalue weighted by atomic mass is 14.5. The van der Waals surface area contributed by atoms with Gasteiger partial charge in [0.1, 0.15) is 0 Å². The molecule has 8 aromatic carbocycles. The smallest absolute Gasteiger partial charge is 0.0587 e. The standard InChI is InChI=1S/C63H64/c1-39-17-19-57-58-20-18-51(38-62(58)63(61(57)35-39,55-30-44(6)23-45(7)31-55)56-32-46(8)24-47(9)33-56)54-36-53(16-12-14-50-27-42(4)22-43(5)28-50)59-34-48(10)29-52(60(59)37-54)15-11-13-49-25-40(2)21-41(3)26-49/h17-38H,11-16H2,1-10H3. The van der Waals surface area contributed by atoms with Crippen molar-refractivity contribution in [1.82, 2.24) is 0 Å². The van der Waals surface area contributed by atoms with Crippen LogP contribution < -0.4 is 0 Å². The highest BCUT2D eigenvalue weighted by molar-refractivity contribution is 5.95. The average molecular weight is 821 g/mol. The van der Waals surface area contributed by atoms with Crippen LogP contribution in [0.25, 0.3) is 33.0 Å². The Morgan fingerprint density at radius 1 is 0.302 bits per heavy atom. The number of aryl methyl sites for hydroxylation is 14. The zero-order valence-corrected chi connectivity index (χ0v) is 39.4. The Labute approximate surface area is 378 Å². The Bertz CT molecular complexity index is 2930. The molecule has 0 heterocycles. The second kappa shape index (κ2) is 17.0. The number of hydrogen-bond donors (Lipinski definition) is 0. The minimum absolute atomic E-state index is 0.470. The molecular weight excluding hydrogens is 757 g/mol. The van der Waals surface area contributed by atoms with Crippen molar-refractivity contribution in [3.8, 4) is 22.3 Å². The summed E-state index contributed by atoms with van der Waals surface area (Å²) in [7, 11) is 0. The van der Waals surface area contributed by atoms with Crippen molar-refractivity contribution in [2.45, 2.75) is 113 Å². The van der Waals surface area contributed by atoms with E-state index >= 15 is 0 Å². The van der Waals surface area contributed by atoms with Crippen molar-refractivity contribution < 1.29 is 0 Å². The SMILES string of the molecule is Cc1cc(C)cc(CCCc2cc(-c3ccc4c(c3)C(c3cc(C)cc(C)c3)(c3cc(C)cc(C)c3)c3cc(C)ccc3-4)cc3c(CCCc4cc(C)cc(C)c4)cc(C)cc23)c1. The quantitative estimate of drug-likeness (QED) is 0.122. The number of hydrogen-bond acceptors (Lipinski definition) is 0. The van der Waals surface area contributed by atoms with Crippen LogP contribution >= 0.6 is 0 Å². The summed E-state index contributed by atoms with van der Waals surface area (Å²) in [6.07, 6.45) is 6.49. The Hall–Kier alpha value is -5.98. The summed E-state index contributed by atoms with van der Waals surface area (Å²) in [6, 6.07) is 53.1. The van der Waals surface area contributed by atoms with Crippen LogP contribution in [0.3, 0.4) is 0 Å². The molecule has 0 saturated heterocycles. The molecule has 63 heavy (non-hydrogen) atoms. The zero-order chi connectivity index (χ0) is 44.2. The fourth-order valence-corrected chi connectivity index (χ4v) is 11.5. The Morgan fingerprint density at radius 3 is 1.22 bits per heavy atom. The van der Waals surface area contributed by atoms with E-state index < -0.39 is 5.41 Å². The van der Waals surface area contributed by atoms with Crippen molar-refractivity contribution in [3.63, 3.8) is 0 Å². The lowest BCUT2D eigenvalue weighted by Crippen LogP contribution is -2.29. The molecule has 0 aliphatic heterocycles. The molecule has 316 valence electrons. The number of rotatable bonds is 11. The van der Waals surface area contributed by atoms with E-state index in [-0.39, 0.29) is 0 Å². The summed E-state index contributed by atoms with van der Waals surface area (Å²) in [5.41, 5.74) is 29.3. The average Bonchev–Trinajstić information content (AvgIpc) is 3.49. The van der Waals surface area contributed by atoms with Crippen LogP contribution in [0.4, 0.5) is 0 Å². The van der Waals surface area contributed by atoms with E-state index in [1.165, 1.54) is 133 Å². The summed E-state index contributed by atoms with van der Waals surface area (Å²) in [4.78, 5) is 0. The third-order valence-corrected chi connectivity index (χ3v) is 13.7. The lowest BCUT2D eigenvalue weighted by Gasteiger charge is -2.35. The minimum Gasteiger partial charge on any atom is -0.0587 e. The van der Waals surface area contributed by atoms with Gasteiger partial charge in [-0.15, -0.1) is 0 Å². The van der Waals surface area contributed by atoms with Crippen molar-refractivity contribution >= 4 is 10.8 Å². The predicted octanol–water partition coefficient (Wildman–Crippen LogP) is 16.3. The second-order valence-corrected chi connectivity index (χ2v) is 19.7. The molecule has 0 N–H and O–H groups in total. The summed E-state index contributed by atoms with van der Waals surface area (Å²) in [5, 5.41) is 2.83. The van der Waals surface area contributed by atoms with Crippen molar-refractivity contribution in [2.24, 2.45) is 0 Å². The van der Waals surface area contributed by atoms with Crippen LogP contribution in [-0.4, -0.2) is 0 Å². The molecule has 0 aromatic heterocycles. The number of fused-ring (bicyclic) bond motifs is 4. The molecule has 0 fully saturated rings. The normalized spacial score (nSPS) is 12.8. The molecule has 0 unspecified atom stereocenters. The first-order chi connectivity index (χ1) is 30.2. The lowest BCUT2D eigenvalue weighted by molar-refractivity contribution is 0.763. The molecule has 0 nitrogen and oxygen atoms in total. The molecule has 0 spiro atoms. The zero-order valence-electron chi connectivity index (χ0n) is 39.4. The lowest BCUT2D eigenvalue weighted by atomic mass is 9.66. The monoisotopic (exact) mass is 821 g/mol. The topological polar surface area (TPSA) is 0 Å². The predicted molar refractivity (Wildman–Crippen MR) is 271 cm³/mol. The largest absolute Gasteiger partial charge is 0.0714 e. The summed E-state index contributed by atoms with van der Waals surface area (Å²) >= 11 is 0. The molecule has 1 aliphatic rings. The molecular formula is C63H64. The minimum atomic E-state index is -0.470. The van der Waals surface area contributed by atoms with Gasteiger partial charge in [-0.3, -0.25) is 0 Å². The molecule has 0 bridgehead atoms. The molecule has 9 rings (SSSR count). The molecule has 0 radical (unpaired) electrons. The Kier molecular flexibility index (Phi) is 11.4. The molecule has 0 atom stereocenters. The third-order valence-electron chi connectivity index (χ3n) is 13.7. The first-order valence-corrected chi connectivity index (χ1v) is 23.4. The van der Waals surface area contributed by atoms with Crippen LogP contribution in [0.2, 0.25) is 0 Å². The van der Waals surface area contributed by atoms with Gasteiger partial charge >= 0.3 is 0 Å². The van der Waals surface area contributed by atoms with E-state index in [0.717, 1.165) is 38.5 Å². The maximum absolute atomic E-state index is 2.58. The van der Waals surface area contributed by atoms with Gasteiger partial charge in [-0.05, 0) is 197 Å². The van der Waals surface area contributed by atoms with E-state index in [9.17, 15) is 0 Å². The number of benzene rings is 8.